The fourth-order valence-corrected chi connectivity index (χ4v) is 4.08. The Morgan fingerprint density at radius 3 is 2.50 bits per heavy atom. The van der Waals surface area contributed by atoms with Crippen LogP contribution < -0.4 is 4.74 Å². The van der Waals surface area contributed by atoms with Crippen LogP contribution in [0.3, 0.4) is 0 Å². The van der Waals surface area contributed by atoms with E-state index in [0.29, 0.717) is 22.9 Å². The van der Waals surface area contributed by atoms with Gasteiger partial charge in [0.05, 0.1) is 24.7 Å². The lowest BCUT2D eigenvalue weighted by molar-refractivity contribution is 0.0358. The first-order chi connectivity index (χ1) is 13.5. The maximum Gasteiger partial charge on any atom is 0.199 e. The molecule has 2 aromatic rings. The molecule has 0 amide bonds. The fourth-order valence-electron chi connectivity index (χ4n) is 2.88. The number of benzene rings is 2. The van der Waals surface area contributed by atoms with Crippen molar-refractivity contribution in [2.45, 2.75) is 11.3 Å². The SMILES string of the molecule is O=S(=O)(/C=C/c1ccccc1Cl)c1ccc(OCCCN2CCOCC2)cc1. The number of ether oxygens (including phenoxy) is 2. The van der Waals surface area contributed by atoms with Gasteiger partial charge in [0, 0.05) is 30.1 Å². The van der Waals surface area contributed by atoms with Gasteiger partial charge >= 0.3 is 0 Å². The van der Waals surface area contributed by atoms with E-state index in [-0.39, 0.29) is 4.90 Å². The Kier molecular flexibility index (Phi) is 7.50. The highest BCUT2D eigenvalue weighted by Gasteiger charge is 2.11. The van der Waals surface area contributed by atoms with Crippen LogP contribution in [0.25, 0.3) is 6.08 Å². The molecule has 1 aliphatic rings. The lowest BCUT2D eigenvalue weighted by Gasteiger charge is -2.26. The summed E-state index contributed by atoms with van der Waals surface area (Å²) in [6.45, 7) is 5.09. The highest BCUT2D eigenvalue weighted by atomic mass is 35.5. The minimum absolute atomic E-state index is 0.219. The van der Waals surface area contributed by atoms with Crippen LogP contribution in [0.4, 0.5) is 0 Å². The molecule has 1 fully saturated rings. The first-order valence-corrected chi connectivity index (χ1v) is 11.2. The summed E-state index contributed by atoms with van der Waals surface area (Å²) in [6.07, 6.45) is 2.42. The molecule has 5 nitrogen and oxygen atoms in total. The van der Waals surface area contributed by atoms with Gasteiger partial charge in [0.1, 0.15) is 5.75 Å². The van der Waals surface area contributed by atoms with Gasteiger partial charge in [-0.15, -0.1) is 0 Å². The van der Waals surface area contributed by atoms with Gasteiger partial charge < -0.3 is 9.47 Å². The molecular weight excluding hydrogens is 398 g/mol. The Balaban J connectivity index is 1.52. The van der Waals surface area contributed by atoms with E-state index in [0.717, 1.165) is 39.3 Å². The predicted octanol–water partition coefficient (Wildman–Crippen LogP) is 3.89. The zero-order chi connectivity index (χ0) is 19.8. The Hall–Kier alpha value is -1.86. The van der Waals surface area contributed by atoms with Gasteiger partial charge in [0.15, 0.2) is 9.84 Å². The van der Waals surface area contributed by atoms with Gasteiger partial charge in [0.2, 0.25) is 0 Å². The van der Waals surface area contributed by atoms with Crippen molar-refractivity contribution in [1.29, 1.82) is 0 Å². The topological polar surface area (TPSA) is 55.8 Å². The monoisotopic (exact) mass is 421 g/mol. The van der Waals surface area contributed by atoms with Crippen molar-refractivity contribution in [1.82, 2.24) is 4.90 Å². The van der Waals surface area contributed by atoms with Crippen LogP contribution in [0.5, 0.6) is 5.75 Å². The van der Waals surface area contributed by atoms with Crippen LogP contribution in [0.2, 0.25) is 5.02 Å². The van der Waals surface area contributed by atoms with Crippen molar-refractivity contribution < 1.29 is 17.9 Å². The molecule has 0 aromatic heterocycles. The molecule has 0 N–H and O–H groups in total. The number of rotatable bonds is 8. The van der Waals surface area contributed by atoms with E-state index in [4.69, 9.17) is 21.1 Å². The molecule has 1 heterocycles. The number of hydrogen-bond acceptors (Lipinski definition) is 5. The minimum Gasteiger partial charge on any atom is -0.494 e. The maximum absolute atomic E-state index is 12.5. The van der Waals surface area contributed by atoms with E-state index in [1.807, 2.05) is 6.07 Å². The smallest absolute Gasteiger partial charge is 0.199 e. The third kappa shape index (κ3) is 6.07. The Morgan fingerprint density at radius 1 is 1.07 bits per heavy atom. The van der Waals surface area contributed by atoms with Crippen LogP contribution >= 0.6 is 11.6 Å². The van der Waals surface area contributed by atoms with Crippen molar-refractivity contribution in [3.63, 3.8) is 0 Å². The van der Waals surface area contributed by atoms with E-state index in [9.17, 15) is 8.42 Å². The molecule has 0 atom stereocenters. The quantitative estimate of drug-likeness (QED) is 0.605. The number of hydrogen-bond donors (Lipinski definition) is 0. The first-order valence-electron chi connectivity index (χ1n) is 9.25. The average molecular weight is 422 g/mol. The van der Waals surface area contributed by atoms with E-state index >= 15 is 0 Å². The molecule has 0 saturated carbocycles. The van der Waals surface area contributed by atoms with Gasteiger partial charge in [0.25, 0.3) is 0 Å². The maximum atomic E-state index is 12.5. The highest BCUT2D eigenvalue weighted by Crippen LogP contribution is 2.21. The largest absolute Gasteiger partial charge is 0.494 e. The molecule has 1 aliphatic heterocycles. The van der Waals surface area contributed by atoms with Crippen LogP contribution in [-0.2, 0) is 14.6 Å². The van der Waals surface area contributed by atoms with Crippen LogP contribution in [0.1, 0.15) is 12.0 Å². The third-order valence-electron chi connectivity index (χ3n) is 4.48. The summed E-state index contributed by atoms with van der Waals surface area (Å²) in [5.41, 5.74) is 0.660. The van der Waals surface area contributed by atoms with Crippen LogP contribution in [0, 0.1) is 0 Å². The zero-order valence-corrected chi connectivity index (χ0v) is 17.2. The average Bonchev–Trinajstić information content (AvgIpc) is 2.72. The second kappa shape index (κ2) is 10.1. The predicted molar refractivity (Wildman–Crippen MR) is 111 cm³/mol. The molecule has 0 aliphatic carbocycles. The van der Waals surface area contributed by atoms with Crippen molar-refractivity contribution in [2.24, 2.45) is 0 Å². The summed E-state index contributed by atoms with van der Waals surface area (Å²) in [5.74, 6) is 0.663. The van der Waals surface area contributed by atoms with E-state index < -0.39 is 9.84 Å². The number of nitrogens with zero attached hydrogens (tertiary/aromatic N) is 1. The summed E-state index contributed by atoms with van der Waals surface area (Å²) in [4.78, 5) is 2.57. The van der Waals surface area contributed by atoms with Crippen LogP contribution in [-0.4, -0.2) is 52.8 Å². The van der Waals surface area contributed by atoms with E-state index in [1.165, 1.54) is 11.5 Å². The molecular formula is C21H24ClNO4S. The molecule has 7 heteroatoms. The molecule has 0 radical (unpaired) electrons. The molecule has 0 unspecified atom stereocenters. The van der Waals surface area contributed by atoms with Gasteiger partial charge in [-0.1, -0.05) is 29.8 Å². The summed E-state index contributed by atoms with van der Waals surface area (Å²) in [5, 5.41) is 1.68. The van der Waals surface area contributed by atoms with Gasteiger partial charge in [-0.25, -0.2) is 8.42 Å². The standard InChI is InChI=1S/C21H24ClNO4S/c22-21-5-2-1-4-18(21)10-17-28(24,25)20-8-6-19(7-9-20)27-14-3-11-23-12-15-26-16-13-23/h1-2,4-10,17H,3,11-16H2/b17-10+. The number of halogens is 1. The summed E-state index contributed by atoms with van der Waals surface area (Å²) in [7, 11) is -3.54. The van der Waals surface area contributed by atoms with Crippen molar-refractivity contribution in [2.75, 3.05) is 39.5 Å². The lowest BCUT2D eigenvalue weighted by atomic mass is 10.2. The normalized spacial score (nSPS) is 15.8. The fraction of sp³-hybridized carbons (Fsp3) is 0.333. The molecule has 1 saturated heterocycles. The Bertz CT molecular complexity index is 891. The first kappa shape index (κ1) is 20.9. The van der Waals surface area contributed by atoms with Gasteiger partial charge in [-0.2, -0.15) is 0 Å². The zero-order valence-electron chi connectivity index (χ0n) is 15.6. The number of sulfone groups is 1. The molecule has 150 valence electrons. The van der Waals surface area contributed by atoms with Gasteiger partial charge in [-0.3, -0.25) is 4.90 Å². The van der Waals surface area contributed by atoms with Crippen molar-refractivity contribution in [3.8, 4) is 5.75 Å². The van der Waals surface area contributed by atoms with Crippen molar-refractivity contribution >= 4 is 27.5 Å². The third-order valence-corrected chi connectivity index (χ3v) is 6.24. The number of morpholine rings is 1. The molecule has 0 spiro atoms. The Morgan fingerprint density at radius 2 is 1.79 bits per heavy atom. The highest BCUT2D eigenvalue weighted by molar-refractivity contribution is 7.94. The summed E-state index contributed by atoms with van der Waals surface area (Å²) in [6, 6.07) is 13.6. The summed E-state index contributed by atoms with van der Waals surface area (Å²) >= 11 is 6.06. The van der Waals surface area contributed by atoms with Crippen LogP contribution in [0.15, 0.2) is 58.8 Å². The van der Waals surface area contributed by atoms with E-state index in [1.54, 1.807) is 42.5 Å². The second-order valence-corrected chi connectivity index (χ2v) is 8.74. The lowest BCUT2D eigenvalue weighted by Crippen LogP contribution is -2.37. The summed E-state index contributed by atoms with van der Waals surface area (Å²) < 4.78 is 36.0. The van der Waals surface area contributed by atoms with Gasteiger partial charge in [-0.05, 0) is 48.4 Å². The minimum atomic E-state index is -3.54. The second-order valence-electron chi connectivity index (χ2n) is 6.50. The molecule has 2 aromatic carbocycles. The molecule has 0 bridgehead atoms. The molecule has 3 rings (SSSR count). The van der Waals surface area contributed by atoms with Crippen molar-refractivity contribution in [3.05, 3.63) is 64.5 Å². The molecule has 28 heavy (non-hydrogen) atoms. The Labute approximate surface area is 171 Å². The van der Waals surface area contributed by atoms with E-state index in [2.05, 4.69) is 4.90 Å².